The van der Waals surface area contributed by atoms with Crippen molar-refractivity contribution in [3.05, 3.63) is 35.4 Å². The first-order valence-corrected chi connectivity index (χ1v) is 6.06. The third-order valence-electron chi connectivity index (χ3n) is 3.66. The third-order valence-corrected chi connectivity index (χ3v) is 3.66. The van der Waals surface area contributed by atoms with E-state index in [4.69, 9.17) is 5.73 Å². The number of rotatable bonds is 2. The van der Waals surface area contributed by atoms with Crippen LogP contribution in [-0.2, 0) is 0 Å². The fourth-order valence-corrected chi connectivity index (χ4v) is 2.65. The van der Waals surface area contributed by atoms with Crippen molar-refractivity contribution >= 4 is 0 Å². The van der Waals surface area contributed by atoms with Crippen LogP contribution in [0.3, 0.4) is 0 Å². The predicted octanol–water partition coefficient (Wildman–Crippen LogP) is 3.23. The van der Waals surface area contributed by atoms with Gasteiger partial charge in [-0.15, -0.1) is 0 Å². The Morgan fingerprint density at radius 2 is 1.93 bits per heavy atom. The standard InChI is InChI=1S/C14H21N/c1-11-5-7-13(8-6-11)14-4-2-3-12(9-14)10-15/h5-8,12,14H,2-4,9-10,15H2,1H3. The molecule has 2 N–H and O–H groups in total. The summed E-state index contributed by atoms with van der Waals surface area (Å²) in [6.07, 6.45) is 5.32. The summed E-state index contributed by atoms with van der Waals surface area (Å²) in [7, 11) is 0. The molecule has 1 saturated carbocycles. The maximum Gasteiger partial charge on any atom is -0.00486 e. The van der Waals surface area contributed by atoms with Crippen LogP contribution >= 0.6 is 0 Å². The summed E-state index contributed by atoms with van der Waals surface area (Å²) in [5.41, 5.74) is 8.63. The second-order valence-electron chi connectivity index (χ2n) is 4.88. The maximum atomic E-state index is 5.77. The summed E-state index contributed by atoms with van der Waals surface area (Å²) in [6.45, 7) is 3.01. The van der Waals surface area contributed by atoms with Gasteiger partial charge in [-0.05, 0) is 50.1 Å². The largest absolute Gasteiger partial charge is 0.330 e. The van der Waals surface area contributed by atoms with Crippen LogP contribution in [0.4, 0.5) is 0 Å². The molecule has 1 aliphatic rings. The van der Waals surface area contributed by atoms with Gasteiger partial charge >= 0.3 is 0 Å². The van der Waals surface area contributed by atoms with Crippen molar-refractivity contribution in [2.75, 3.05) is 6.54 Å². The van der Waals surface area contributed by atoms with Gasteiger partial charge < -0.3 is 5.73 Å². The molecule has 15 heavy (non-hydrogen) atoms. The van der Waals surface area contributed by atoms with E-state index < -0.39 is 0 Å². The van der Waals surface area contributed by atoms with E-state index in [-0.39, 0.29) is 0 Å². The molecule has 1 nitrogen and oxygen atoms in total. The molecule has 1 aliphatic carbocycles. The minimum absolute atomic E-state index is 0.755. The molecule has 82 valence electrons. The summed E-state index contributed by atoms with van der Waals surface area (Å²) in [6, 6.07) is 9.03. The quantitative estimate of drug-likeness (QED) is 0.784. The Kier molecular flexibility index (Phi) is 3.42. The van der Waals surface area contributed by atoms with Gasteiger partial charge in [0.05, 0.1) is 0 Å². The van der Waals surface area contributed by atoms with Gasteiger partial charge in [0.15, 0.2) is 0 Å². The molecule has 0 radical (unpaired) electrons. The number of aryl methyl sites for hydroxylation is 1. The molecule has 0 aliphatic heterocycles. The minimum Gasteiger partial charge on any atom is -0.330 e. The van der Waals surface area contributed by atoms with Crippen LogP contribution in [0.25, 0.3) is 0 Å². The summed E-state index contributed by atoms with van der Waals surface area (Å²) in [5.74, 6) is 1.51. The van der Waals surface area contributed by atoms with E-state index >= 15 is 0 Å². The Labute approximate surface area is 92.7 Å². The molecule has 2 atom stereocenters. The first-order valence-electron chi connectivity index (χ1n) is 6.06. The first-order chi connectivity index (χ1) is 7.29. The van der Waals surface area contributed by atoms with Crippen LogP contribution in [-0.4, -0.2) is 6.54 Å². The molecule has 0 aromatic heterocycles. The van der Waals surface area contributed by atoms with Crippen molar-refractivity contribution in [1.29, 1.82) is 0 Å². The van der Waals surface area contributed by atoms with E-state index in [1.165, 1.54) is 36.8 Å². The zero-order chi connectivity index (χ0) is 10.7. The maximum absolute atomic E-state index is 5.77. The van der Waals surface area contributed by atoms with Crippen molar-refractivity contribution in [3.63, 3.8) is 0 Å². The monoisotopic (exact) mass is 203 g/mol. The molecule has 1 heteroatoms. The molecular weight excluding hydrogens is 182 g/mol. The van der Waals surface area contributed by atoms with Gasteiger partial charge in [-0.1, -0.05) is 36.2 Å². The van der Waals surface area contributed by atoms with E-state index in [2.05, 4.69) is 31.2 Å². The van der Waals surface area contributed by atoms with Crippen LogP contribution in [0.5, 0.6) is 0 Å². The lowest BCUT2D eigenvalue weighted by atomic mass is 9.78. The lowest BCUT2D eigenvalue weighted by molar-refractivity contribution is 0.328. The molecule has 1 aromatic carbocycles. The van der Waals surface area contributed by atoms with Crippen LogP contribution in [0.15, 0.2) is 24.3 Å². The van der Waals surface area contributed by atoms with E-state index in [1.807, 2.05) is 0 Å². The predicted molar refractivity (Wildman–Crippen MR) is 64.9 cm³/mol. The topological polar surface area (TPSA) is 26.0 Å². The average molecular weight is 203 g/mol. The zero-order valence-corrected chi connectivity index (χ0v) is 9.58. The van der Waals surface area contributed by atoms with E-state index in [0.29, 0.717) is 0 Å². The van der Waals surface area contributed by atoms with Gasteiger partial charge in [0, 0.05) is 0 Å². The lowest BCUT2D eigenvalue weighted by Crippen LogP contribution is -2.21. The summed E-state index contributed by atoms with van der Waals surface area (Å²) in [4.78, 5) is 0. The molecule has 0 saturated heterocycles. The second kappa shape index (κ2) is 4.80. The third kappa shape index (κ3) is 2.60. The molecule has 0 heterocycles. The number of hydrogen-bond acceptors (Lipinski definition) is 1. The number of benzene rings is 1. The summed E-state index contributed by atoms with van der Waals surface area (Å²) >= 11 is 0. The van der Waals surface area contributed by atoms with Gasteiger partial charge in [-0.3, -0.25) is 0 Å². The molecule has 2 unspecified atom stereocenters. The molecule has 0 spiro atoms. The van der Waals surface area contributed by atoms with Crippen molar-refractivity contribution in [2.24, 2.45) is 11.7 Å². The van der Waals surface area contributed by atoms with Gasteiger partial charge in [-0.2, -0.15) is 0 Å². The Hall–Kier alpha value is -0.820. The lowest BCUT2D eigenvalue weighted by Gasteiger charge is -2.28. The normalized spacial score (nSPS) is 26.5. The average Bonchev–Trinajstić information content (AvgIpc) is 2.30. The van der Waals surface area contributed by atoms with Crippen LogP contribution < -0.4 is 5.73 Å². The van der Waals surface area contributed by atoms with Gasteiger partial charge in [0.1, 0.15) is 0 Å². The fraction of sp³-hybridized carbons (Fsp3) is 0.571. The number of nitrogens with two attached hydrogens (primary N) is 1. The summed E-state index contributed by atoms with van der Waals surface area (Å²) in [5, 5.41) is 0. The van der Waals surface area contributed by atoms with Gasteiger partial charge in [0.2, 0.25) is 0 Å². The molecular formula is C14H21N. The molecule has 2 rings (SSSR count). The Balaban J connectivity index is 2.06. The van der Waals surface area contributed by atoms with E-state index in [0.717, 1.165) is 18.4 Å². The van der Waals surface area contributed by atoms with Gasteiger partial charge in [0.25, 0.3) is 0 Å². The first kappa shape index (κ1) is 10.7. The number of hydrogen-bond donors (Lipinski definition) is 1. The highest BCUT2D eigenvalue weighted by molar-refractivity contribution is 5.24. The molecule has 0 bridgehead atoms. The molecule has 1 aromatic rings. The molecule has 1 fully saturated rings. The highest BCUT2D eigenvalue weighted by Crippen LogP contribution is 2.35. The Morgan fingerprint density at radius 3 is 2.60 bits per heavy atom. The fourth-order valence-electron chi connectivity index (χ4n) is 2.65. The van der Waals surface area contributed by atoms with Crippen LogP contribution in [0, 0.1) is 12.8 Å². The summed E-state index contributed by atoms with van der Waals surface area (Å²) < 4.78 is 0. The van der Waals surface area contributed by atoms with Crippen molar-refractivity contribution in [1.82, 2.24) is 0 Å². The van der Waals surface area contributed by atoms with Crippen molar-refractivity contribution in [2.45, 2.75) is 38.5 Å². The van der Waals surface area contributed by atoms with E-state index in [1.54, 1.807) is 0 Å². The highest BCUT2D eigenvalue weighted by Gasteiger charge is 2.21. The second-order valence-corrected chi connectivity index (χ2v) is 4.88. The van der Waals surface area contributed by atoms with Crippen LogP contribution in [0.1, 0.15) is 42.7 Å². The van der Waals surface area contributed by atoms with E-state index in [9.17, 15) is 0 Å². The smallest absolute Gasteiger partial charge is 0.00486 e. The molecule has 0 amide bonds. The Bertz CT molecular complexity index is 302. The van der Waals surface area contributed by atoms with Crippen molar-refractivity contribution < 1.29 is 0 Å². The minimum atomic E-state index is 0.755. The highest BCUT2D eigenvalue weighted by atomic mass is 14.6. The van der Waals surface area contributed by atoms with Crippen LogP contribution in [0.2, 0.25) is 0 Å². The Morgan fingerprint density at radius 1 is 1.20 bits per heavy atom. The van der Waals surface area contributed by atoms with Gasteiger partial charge in [-0.25, -0.2) is 0 Å². The SMILES string of the molecule is Cc1ccc(C2CCCC(CN)C2)cc1. The van der Waals surface area contributed by atoms with Crippen molar-refractivity contribution in [3.8, 4) is 0 Å². The zero-order valence-electron chi connectivity index (χ0n) is 9.58.